The lowest BCUT2D eigenvalue weighted by Crippen LogP contribution is -2.01. The van der Waals surface area contributed by atoms with E-state index in [0.29, 0.717) is 23.0 Å². The summed E-state index contributed by atoms with van der Waals surface area (Å²) in [5, 5.41) is 11.5. The van der Waals surface area contributed by atoms with Gasteiger partial charge in [-0.15, -0.1) is 0 Å². The molecule has 2 aromatic heterocycles. The fraction of sp³-hybridized carbons (Fsp3) is 0. The van der Waals surface area contributed by atoms with Crippen LogP contribution in [0.2, 0.25) is 0 Å². The van der Waals surface area contributed by atoms with E-state index < -0.39 is 0 Å². The lowest BCUT2D eigenvalue weighted by atomic mass is 9.93. The molecule has 5 heteroatoms. The van der Waals surface area contributed by atoms with Crippen molar-refractivity contribution >= 4 is 21.9 Å². The van der Waals surface area contributed by atoms with Gasteiger partial charge >= 0.3 is 0 Å². The normalized spacial score (nSPS) is 11.1. The predicted molar refractivity (Wildman–Crippen MR) is 179 cm³/mol. The van der Waals surface area contributed by atoms with Crippen molar-refractivity contribution in [3.05, 3.63) is 151 Å². The van der Waals surface area contributed by atoms with E-state index in [1.807, 2.05) is 103 Å². The van der Waals surface area contributed by atoms with Gasteiger partial charge in [-0.3, -0.25) is 0 Å². The molecule has 0 radical (unpaired) electrons. The molecule has 0 saturated carbocycles. The van der Waals surface area contributed by atoms with Crippen LogP contribution in [0.3, 0.4) is 0 Å². The Balaban J connectivity index is 1.37. The molecular weight excluding hydrogens is 552 g/mol. The molecule has 0 bridgehead atoms. The number of para-hydroxylation sites is 1. The van der Waals surface area contributed by atoms with Gasteiger partial charge in [0.2, 0.25) is 0 Å². The largest absolute Gasteiger partial charge is 0.456 e. The second-order valence-electron chi connectivity index (χ2n) is 10.8. The lowest BCUT2D eigenvalue weighted by Gasteiger charge is -2.13. The van der Waals surface area contributed by atoms with Crippen molar-refractivity contribution in [3.8, 4) is 62.5 Å². The first-order valence-corrected chi connectivity index (χ1v) is 14.7. The van der Waals surface area contributed by atoms with Gasteiger partial charge in [-0.2, -0.15) is 5.26 Å². The predicted octanol–water partition coefficient (Wildman–Crippen LogP) is 9.98. The summed E-state index contributed by atoms with van der Waals surface area (Å²) in [5.41, 5.74) is 8.97. The number of fused-ring (bicyclic) bond motifs is 3. The lowest BCUT2D eigenvalue weighted by molar-refractivity contribution is 0.669. The van der Waals surface area contributed by atoms with E-state index >= 15 is 0 Å². The molecule has 0 aliphatic heterocycles. The summed E-state index contributed by atoms with van der Waals surface area (Å²) in [7, 11) is 0. The van der Waals surface area contributed by atoms with Crippen molar-refractivity contribution in [1.82, 2.24) is 15.0 Å². The maximum absolute atomic E-state index is 9.48. The molecule has 0 fully saturated rings. The Morgan fingerprint density at radius 3 is 1.67 bits per heavy atom. The second-order valence-corrected chi connectivity index (χ2v) is 10.8. The number of nitriles is 1. The third kappa shape index (κ3) is 4.81. The van der Waals surface area contributed by atoms with Gasteiger partial charge in [0.05, 0.1) is 11.6 Å². The van der Waals surface area contributed by atoms with Crippen LogP contribution in [0.15, 0.2) is 150 Å². The molecule has 210 valence electrons. The minimum Gasteiger partial charge on any atom is -0.456 e. The third-order valence-electron chi connectivity index (χ3n) is 8.00. The van der Waals surface area contributed by atoms with E-state index in [1.165, 1.54) is 0 Å². The third-order valence-corrected chi connectivity index (χ3v) is 8.00. The number of hydrogen-bond acceptors (Lipinski definition) is 5. The average Bonchev–Trinajstić information content (AvgIpc) is 3.51. The molecule has 0 spiro atoms. The van der Waals surface area contributed by atoms with E-state index in [4.69, 9.17) is 19.4 Å². The Hall–Kier alpha value is -6.38. The molecule has 0 saturated heterocycles. The number of nitrogens with zero attached hydrogens (tertiary/aromatic N) is 4. The maximum atomic E-state index is 9.48. The summed E-state index contributed by atoms with van der Waals surface area (Å²) in [5.74, 6) is 1.73. The van der Waals surface area contributed by atoms with Crippen molar-refractivity contribution in [2.75, 3.05) is 0 Å². The van der Waals surface area contributed by atoms with E-state index in [2.05, 4.69) is 48.5 Å². The van der Waals surface area contributed by atoms with Crippen molar-refractivity contribution in [2.45, 2.75) is 0 Å². The van der Waals surface area contributed by atoms with Crippen LogP contribution >= 0.6 is 0 Å². The van der Waals surface area contributed by atoms with Gasteiger partial charge in [-0.25, -0.2) is 15.0 Å². The summed E-state index contributed by atoms with van der Waals surface area (Å²) < 4.78 is 6.28. The van der Waals surface area contributed by atoms with E-state index in [0.717, 1.165) is 60.9 Å². The second kappa shape index (κ2) is 11.0. The zero-order valence-electron chi connectivity index (χ0n) is 24.1. The van der Waals surface area contributed by atoms with Gasteiger partial charge in [0.1, 0.15) is 11.2 Å². The topological polar surface area (TPSA) is 75.6 Å². The Morgan fingerprint density at radius 2 is 0.978 bits per heavy atom. The number of aromatic nitrogens is 3. The minimum absolute atomic E-state index is 0.553. The molecule has 45 heavy (non-hydrogen) atoms. The zero-order valence-corrected chi connectivity index (χ0v) is 24.1. The van der Waals surface area contributed by atoms with Crippen LogP contribution in [0.4, 0.5) is 0 Å². The van der Waals surface area contributed by atoms with Crippen LogP contribution in [-0.4, -0.2) is 15.0 Å². The first kappa shape index (κ1) is 26.3. The fourth-order valence-corrected chi connectivity index (χ4v) is 5.80. The molecule has 0 atom stereocenters. The monoisotopic (exact) mass is 576 g/mol. The van der Waals surface area contributed by atoms with Crippen LogP contribution in [0.25, 0.3) is 78.4 Å². The smallest absolute Gasteiger partial charge is 0.164 e. The number of benzene rings is 6. The van der Waals surface area contributed by atoms with Crippen molar-refractivity contribution in [1.29, 1.82) is 5.26 Å². The highest BCUT2D eigenvalue weighted by atomic mass is 16.3. The van der Waals surface area contributed by atoms with Crippen molar-refractivity contribution in [2.24, 2.45) is 0 Å². The molecule has 2 heterocycles. The molecular formula is C40H24N4O. The summed E-state index contributed by atoms with van der Waals surface area (Å²) in [4.78, 5) is 15.1. The molecule has 5 nitrogen and oxygen atoms in total. The van der Waals surface area contributed by atoms with E-state index in [1.54, 1.807) is 0 Å². The van der Waals surface area contributed by atoms with Crippen LogP contribution in [-0.2, 0) is 0 Å². The first-order valence-electron chi connectivity index (χ1n) is 14.7. The highest BCUT2D eigenvalue weighted by molar-refractivity contribution is 6.15. The van der Waals surface area contributed by atoms with Gasteiger partial charge < -0.3 is 4.42 Å². The number of hydrogen-bond donors (Lipinski definition) is 0. The van der Waals surface area contributed by atoms with Gasteiger partial charge in [0.15, 0.2) is 17.5 Å². The maximum Gasteiger partial charge on any atom is 0.164 e. The molecule has 0 N–H and O–H groups in total. The van der Waals surface area contributed by atoms with Crippen molar-refractivity contribution < 1.29 is 4.42 Å². The summed E-state index contributed by atoms with van der Waals surface area (Å²) in [6.45, 7) is 0. The fourth-order valence-electron chi connectivity index (χ4n) is 5.80. The summed E-state index contributed by atoms with van der Waals surface area (Å²) in [6, 6.07) is 50.5. The van der Waals surface area contributed by atoms with Crippen LogP contribution in [0.1, 0.15) is 5.56 Å². The summed E-state index contributed by atoms with van der Waals surface area (Å²) >= 11 is 0. The SMILES string of the molecule is N#Cc1ccc(-c2c(-c3nc(-c4ccccc4)nc(-c4ccc(-c5ccccc5)cc4)n3)ccc3oc4ccccc4c23)cc1. The van der Waals surface area contributed by atoms with Crippen LogP contribution in [0, 0.1) is 11.3 Å². The molecule has 0 aliphatic carbocycles. The molecule has 6 aromatic carbocycles. The molecule has 8 rings (SSSR count). The molecule has 0 unspecified atom stereocenters. The highest BCUT2D eigenvalue weighted by Gasteiger charge is 2.21. The quantitative estimate of drug-likeness (QED) is 0.204. The van der Waals surface area contributed by atoms with Gasteiger partial charge in [-0.05, 0) is 47.0 Å². The molecule has 0 aliphatic rings. The van der Waals surface area contributed by atoms with Crippen LogP contribution in [0.5, 0.6) is 0 Å². The van der Waals surface area contributed by atoms with Crippen LogP contribution < -0.4 is 0 Å². The summed E-state index contributed by atoms with van der Waals surface area (Å²) in [6.07, 6.45) is 0. The number of rotatable bonds is 5. The Bertz CT molecular complexity index is 2350. The van der Waals surface area contributed by atoms with Gasteiger partial charge in [-0.1, -0.05) is 115 Å². The molecule has 0 amide bonds. The average molecular weight is 577 g/mol. The molecule has 8 aromatic rings. The number of furan rings is 1. The zero-order chi connectivity index (χ0) is 30.2. The van der Waals surface area contributed by atoms with Gasteiger partial charge in [0, 0.05) is 33.0 Å². The Labute approximate surface area is 259 Å². The van der Waals surface area contributed by atoms with Gasteiger partial charge in [0.25, 0.3) is 0 Å². The van der Waals surface area contributed by atoms with E-state index in [-0.39, 0.29) is 0 Å². The Kier molecular flexibility index (Phi) is 6.44. The van der Waals surface area contributed by atoms with Crippen molar-refractivity contribution in [3.63, 3.8) is 0 Å². The standard InChI is InChI=1S/C40H24N4O/c41-25-26-15-17-29(18-16-26)36-33(23-24-35-37(36)32-13-7-8-14-34(32)45-35)40-43-38(30-11-5-2-6-12-30)42-39(44-40)31-21-19-28(20-22-31)27-9-3-1-4-10-27/h1-24H. The first-order chi connectivity index (χ1) is 22.2. The minimum atomic E-state index is 0.553. The highest BCUT2D eigenvalue weighted by Crippen LogP contribution is 2.42. The Morgan fingerprint density at radius 1 is 0.444 bits per heavy atom. The van der Waals surface area contributed by atoms with E-state index in [9.17, 15) is 5.26 Å².